The minimum Gasteiger partial charge on any atom is -0.381 e. The lowest BCUT2D eigenvalue weighted by Gasteiger charge is -2.23. The van der Waals surface area contributed by atoms with Gasteiger partial charge in [0.25, 0.3) is 0 Å². The molecule has 1 aliphatic rings. The Bertz CT molecular complexity index is 388. The highest BCUT2D eigenvalue weighted by atomic mass is 16.5. The van der Waals surface area contributed by atoms with Crippen LogP contribution in [-0.2, 0) is 16.0 Å². The van der Waals surface area contributed by atoms with E-state index in [1.165, 1.54) is 0 Å². The Balaban J connectivity index is 1.73. The molecule has 104 valence electrons. The van der Waals surface area contributed by atoms with E-state index in [0.29, 0.717) is 18.9 Å². The van der Waals surface area contributed by atoms with Crippen molar-refractivity contribution in [2.24, 2.45) is 11.7 Å². The third kappa shape index (κ3) is 4.65. The van der Waals surface area contributed by atoms with Crippen molar-refractivity contribution in [1.82, 2.24) is 5.32 Å². The zero-order valence-corrected chi connectivity index (χ0v) is 11.2. The summed E-state index contributed by atoms with van der Waals surface area (Å²) in [6.45, 7) is 2.26. The summed E-state index contributed by atoms with van der Waals surface area (Å²) in [5.74, 6) is 0.357. The van der Waals surface area contributed by atoms with Crippen LogP contribution in [-0.4, -0.2) is 31.7 Å². The van der Waals surface area contributed by atoms with Crippen LogP contribution in [0.15, 0.2) is 30.3 Å². The standard InChI is InChI=1S/C15H22N2O2/c16-14(9-12-5-2-1-3-6-12)15(18)17-10-13-7-4-8-19-11-13/h1-3,5-6,13-14H,4,7-11,16H2,(H,17,18). The van der Waals surface area contributed by atoms with Gasteiger partial charge in [-0.2, -0.15) is 0 Å². The minimum atomic E-state index is -0.480. The fraction of sp³-hybridized carbons (Fsp3) is 0.533. The zero-order chi connectivity index (χ0) is 13.5. The van der Waals surface area contributed by atoms with Crippen molar-refractivity contribution in [2.75, 3.05) is 19.8 Å². The number of ether oxygens (including phenoxy) is 1. The van der Waals surface area contributed by atoms with Crippen molar-refractivity contribution in [1.29, 1.82) is 0 Å². The summed E-state index contributed by atoms with van der Waals surface area (Å²) < 4.78 is 5.39. The molecule has 1 fully saturated rings. The first-order valence-corrected chi connectivity index (χ1v) is 6.90. The maximum atomic E-state index is 11.9. The molecule has 0 radical (unpaired) electrons. The predicted octanol–water partition coefficient (Wildman–Crippen LogP) is 1.10. The second-order valence-corrected chi connectivity index (χ2v) is 5.12. The van der Waals surface area contributed by atoms with Gasteiger partial charge in [-0.3, -0.25) is 4.79 Å². The number of carbonyl (C=O) groups excluding carboxylic acids is 1. The molecule has 3 N–H and O–H groups in total. The molecule has 2 unspecified atom stereocenters. The number of nitrogens with one attached hydrogen (secondary N) is 1. The first-order chi connectivity index (χ1) is 9.25. The molecule has 19 heavy (non-hydrogen) atoms. The van der Waals surface area contributed by atoms with Gasteiger partial charge in [-0.05, 0) is 30.7 Å². The summed E-state index contributed by atoms with van der Waals surface area (Å²) in [7, 11) is 0. The van der Waals surface area contributed by atoms with Gasteiger partial charge in [0.15, 0.2) is 0 Å². The third-order valence-electron chi connectivity index (χ3n) is 3.45. The highest BCUT2D eigenvalue weighted by Gasteiger charge is 2.18. The molecular weight excluding hydrogens is 240 g/mol. The number of hydrogen-bond donors (Lipinski definition) is 2. The number of nitrogens with two attached hydrogens (primary N) is 1. The van der Waals surface area contributed by atoms with Crippen LogP contribution in [0.4, 0.5) is 0 Å². The Kier molecular flexibility index (Phi) is 5.36. The fourth-order valence-corrected chi connectivity index (χ4v) is 2.31. The molecule has 0 saturated carbocycles. The fourth-order valence-electron chi connectivity index (χ4n) is 2.31. The highest BCUT2D eigenvalue weighted by molar-refractivity contribution is 5.81. The van der Waals surface area contributed by atoms with Gasteiger partial charge < -0.3 is 15.8 Å². The van der Waals surface area contributed by atoms with E-state index in [4.69, 9.17) is 10.5 Å². The number of rotatable bonds is 5. The molecule has 4 nitrogen and oxygen atoms in total. The molecule has 1 heterocycles. The maximum Gasteiger partial charge on any atom is 0.237 e. The van der Waals surface area contributed by atoms with Gasteiger partial charge in [0, 0.05) is 13.2 Å². The summed E-state index contributed by atoms with van der Waals surface area (Å²) in [4.78, 5) is 11.9. The summed E-state index contributed by atoms with van der Waals surface area (Å²) in [6.07, 6.45) is 2.78. The maximum absolute atomic E-state index is 11.9. The monoisotopic (exact) mass is 262 g/mol. The smallest absolute Gasteiger partial charge is 0.237 e. The van der Waals surface area contributed by atoms with Crippen molar-refractivity contribution in [2.45, 2.75) is 25.3 Å². The molecule has 0 aromatic heterocycles. The van der Waals surface area contributed by atoms with Gasteiger partial charge in [0.05, 0.1) is 12.6 Å². The number of hydrogen-bond acceptors (Lipinski definition) is 3. The molecule has 2 rings (SSSR count). The van der Waals surface area contributed by atoms with E-state index < -0.39 is 6.04 Å². The largest absolute Gasteiger partial charge is 0.381 e. The van der Waals surface area contributed by atoms with E-state index >= 15 is 0 Å². The van der Waals surface area contributed by atoms with E-state index in [0.717, 1.165) is 31.6 Å². The van der Waals surface area contributed by atoms with E-state index in [-0.39, 0.29) is 5.91 Å². The first-order valence-electron chi connectivity index (χ1n) is 6.90. The molecule has 1 aromatic rings. The number of benzene rings is 1. The highest BCUT2D eigenvalue weighted by Crippen LogP contribution is 2.12. The molecule has 0 spiro atoms. The van der Waals surface area contributed by atoms with Crippen molar-refractivity contribution in [3.8, 4) is 0 Å². The molecular formula is C15H22N2O2. The van der Waals surface area contributed by atoms with Crippen LogP contribution >= 0.6 is 0 Å². The van der Waals surface area contributed by atoms with Crippen molar-refractivity contribution in [3.05, 3.63) is 35.9 Å². The number of carbonyl (C=O) groups is 1. The van der Waals surface area contributed by atoms with Gasteiger partial charge in [0.1, 0.15) is 0 Å². The van der Waals surface area contributed by atoms with Crippen LogP contribution in [0.2, 0.25) is 0 Å². The SMILES string of the molecule is NC(Cc1ccccc1)C(=O)NCC1CCCOC1. The van der Waals surface area contributed by atoms with Crippen LogP contribution in [0.3, 0.4) is 0 Å². The van der Waals surface area contributed by atoms with Gasteiger partial charge in [0.2, 0.25) is 5.91 Å². The Labute approximate surface area is 114 Å². The lowest BCUT2D eigenvalue weighted by Crippen LogP contribution is -2.44. The van der Waals surface area contributed by atoms with Crippen molar-refractivity contribution < 1.29 is 9.53 Å². The Morgan fingerprint density at radius 2 is 2.21 bits per heavy atom. The number of amides is 1. The lowest BCUT2D eigenvalue weighted by molar-refractivity contribution is -0.122. The Hall–Kier alpha value is -1.39. The topological polar surface area (TPSA) is 64.4 Å². The van der Waals surface area contributed by atoms with Crippen LogP contribution < -0.4 is 11.1 Å². The van der Waals surface area contributed by atoms with Gasteiger partial charge in [-0.25, -0.2) is 0 Å². The lowest BCUT2D eigenvalue weighted by atomic mass is 10.0. The van der Waals surface area contributed by atoms with Crippen LogP contribution in [0.25, 0.3) is 0 Å². The van der Waals surface area contributed by atoms with Gasteiger partial charge in [-0.15, -0.1) is 0 Å². The molecule has 1 amide bonds. The predicted molar refractivity (Wildman–Crippen MR) is 74.7 cm³/mol. The average Bonchev–Trinajstić information content (AvgIpc) is 2.47. The second-order valence-electron chi connectivity index (χ2n) is 5.12. The van der Waals surface area contributed by atoms with E-state index in [1.807, 2.05) is 30.3 Å². The van der Waals surface area contributed by atoms with E-state index in [9.17, 15) is 4.79 Å². The molecule has 0 bridgehead atoms. The Morgan fingerprint density at radius 3 is 2.89 bits per heavy atom. The van der Waals surface area contributed by atoms with Crippen molar-refractivity contribution >= 4 is 5.91 Å². The van der Waals surface area contributed by atoms with Gasteiger partial charge >= 0.3 is 0 Å². The van der Waals surface area contributed by atoms with Crippen molar-refractivity contribution in [3.63, 3.8) is 0 Å². The van der Waals surface area contributed by atoms with E-state index in [1.54, 1.807) is 0 Å². The average molecular weight is 262 g/mol. The van der Waals surface area contributed by atoms with Crippen LogP contribution in [0, 0.1) is 5.92 Å². The van der Waals surface area contributed by atoms with Crippen LogP contribution in [0.1, 0.15) is 18.4 Å². The molecule has 4 heteroatoms. The second kappa shape index (κ2) is 7.26. The quantitative estimate of drug-likeness (QED) is 0.835. The minimum absolute atomic E-state index is 0.0746. The molecule has 0 aliphatic carbocycles. The Morgan fingerprint density at radius 1 is 1.42 bits per heavy atom. The molecule has 1 aliphatic heterocycles. The summed E-state index contributed by atoms with van der Waals surface area (Å²) in [5, 5.41) is 2.93. The molecule has 1 saturated heterocycles. The third-order valence-corrected chi connectivity index (χ3v) is 3.45. The molecule has 2 atom stereocenters. The van der Waals surface area contributed by atoms with E-state index in [2.05, 4.69) is 5.32 Å². The zero-order valence-electron chi connectivity index (χ0n) is 11.2. The first kappa shape index (κ1) is 14.0. The summed E-state index contributed by atoms with van der Waals surface area (Å²) >= 11 is 0. The summed E-state index contributed by atoms with van der Waals surface area (Å²) in [5.41, 5.74) is 7.01. The van der Waals surface area contributed by atoms with Gasteiger partial charge in [-0.1, -0.05) is 30.3 Å². The normalized spacial score (nSPS) is 20.8. The van der Waals surface area contributed by atoms with Crippen LogP contribution in [0.5, 0.6) is 0 Å². The molecule has 1 aromatic carbocycles. The summed E-state index contributed by atoms with van der Waals surface area (Å²) in [6, 6.07) is 9.37.